The fourth-order valence-corrected chi connectivity index (χ4v) is 2.01. The summed E-state index contributed by atoms with van der Waals surface area (Å²) in [5.41, 5.74) is 3.02. The normalized spacial score (nSPS) is 9.63. The zero-order chi connectivity index (χ0) is 14.3. The molecule has 0 fully saturated rings. The second-order valence-corrected chi connectivity index (χ2v) is 4.82. The summed E-state index contributed by atoms with van der Waals surface area (Å²) in [6, 6.07) is 6.00. The topological polar surface area (TPSA) is 48.1 Å². The lowest BCUT2D eigenvalue weighted by Crippen LogP contribution is -2.29. The van der Waals surface area contributed by atoms with Gasteiger partial charge in [-0.25, -0.2) is 0 Å². The van der Waals surface area contributed by atoms with Crippen molar-refractivity contribution in [2.45, 2.75) is 20.8 Å². The van der Waals surface area contributed by atoms with Crippen LogP contribution in [0, 0.1) is 6.92 Å². The summed E-state index contributed by atoms with van der Waals surface area (Å²) in [5.74, 6) is 0. The molecule has 0 aliphatic heterocycles. The molecule has 0 amide bonds. The summed E-state index contributed by atoms with van der Waals surface area (Å²) in [4.78, 5) is 0. The minimum absolute atomic E-state index is 0.617. The third kappa shape index (κ3) is 5.40. The van der Waals surface area contributed by atoms with Gasteiger partial charge in [0.1, 0.15) is 0 Å². The SMILES string of the molecule is CCNC(=S)Nc1ccc(C)c(NC(=S)NCC)c1. The third-order valence-corrected chi connectivity index (χ3v) is 2.91. The number of aryl methyl sites for hydroxylation is 1. The average molecular weight is 296 g/mol. The van der Waals surface area contributed by atoms with Crippen molar-refractivity contribution in [3.8, 4) is 0 Å². The van der Waals surface area contributed by atoms with Crippen molar-refractivity contribution < 1.29 is 0 Å². The maximum absolute atomic E-state index is 5.19. The van der Waals surface area contributed by atoms with Crippen LogP contribution in [-0.2, 0) is 0 Å². The lowest BCUT2D eigenvalue weighted by atomic mass is 10.2. The standard InChI is InChI=1S/C13H20N4S2/c1-4-14-12(18)16-10-7-6-9(3)11(8-10)17-13(19)15-5-2/h6-8H,4-5H2,1-3H3,(H2,14,16,18)(H2,15,17,19). The molecule has 0 bridgehead atoms. The fraction of sp³-hybridized carbons (Fsp3) is 0.385. The Morgan fingerprint density at radius 2 is 1.58 bits per heavy atom. The number of rotatable bonds is 4. The highest BCUT2D eigenvalue weighted by Gasteiger charge is 2.03. The van der Waals surface area contributed by atoms with Crippen molar-refractivity contribution in [1.82, 2.24) is 10.6 Å². The van der Waals surface area contributed by atoms with Crippen LogP contribution in [0.5, 0.6) is 0 Å². The summed E-state index contributed by atoms with van der Waals surface area (Å²) in [6.07, 6.45) is 0. The summed E-state index contributed by atoms with van der Waals surface area (Å²) < 4.78 is 0. The van der Waals surface area contributed by atoms with Crippen LogP contribution in [0.2, 0.25) is 0 Å². The van der Waals surface area contributed by atoms with Crippen LogP contribution in [-0.4, -0.2) is 23.3 Å². The van der Waals surface area contributed by atoms with Crippen LogP contribution in [0.25, 0.3) is 0 Å². The molecule has 0 heterocycles. The van der Waals surface area contributed by atoms with Gasteiger partial charge in [0.15, 0.2) is 10.2 Å². The zero-order valence-electron chi connectivity index (χ0n) is 11.5. The molecule has 0 saturated carbocycles. The molecule has 0 unspecified atom stereocenters. The van der Waals surface area contributed by atoms with E-state index in [2.05, 4.69) is 21.3 Å². The molecule has 0 saturated heterocycles. The van der Waals surface area contributed by atoms with Crippen molar-refractivity contribution in [3.05, 3.63) is 23.8 Å². The van der Waals surface area contributed by atoms with Crippen LogP contribution < -0.4 is 21.3 Å². The van der Waals surface area contributed by atoms with E-state index in [4.69, 9.17) is 24.4 Å². The van der Waals surface area contributed by atoms with Gasteiger partial charge in [0, 0.05) is 24.5 Å². The molecule has 104 valence electrons. The molecule has 4 nitrogen and oxygen atoms in total. The van der Waals surface area contributed by atoms with Gasteiger partial charge in [0.25, 0.3) is 0 Å². The number of hydrogen-bond donors (Lipinski definition) is 4. The fourth-order valence-electron chi connectivity index (χ4n) is 1.50. The third-order valence-electron chi connectivity index (χ3n) is 2.42. The van der Waals surface area contributed by atoms with Gasteiger partial charge in [-0.1, -0.05) is 6.07 Å². The van der Waals surface area contributed by atoms with E-state index >= 15 is 0 Å². The lowest BCUT2D eigenvalue weighted by molar-refractivity contribution is 0.978. The predicted octanol–water partition coefficient (Wildman–Crippen LogP) is 2.61. The molecule has 0 aromatic heterocycles. The summed E-state index contributed by atoms with van der Waals surface area (Å²) in [7, 11) is 0. The van der Waals surface area contributed by atoms with Gasteiger partial charge >= 0.3 is 0 Å². The van der Waals surface area contributed by atoms with E-state index < -0.39 is 0 Å². The number of thiocarbonyl (C=S) groups is 2. The van der Waals surface area contributed by atoms with Crippen LogP contribution in [0.15, 0.2) is 18.2 Å². The molecule has 0 aliphatic carbocycles. The Kier molecular flexibility index (Phi) is 6.52. The largest absolute Gasteiger partial charge is 0.363 e. The molecule has 0 spiro atoms. The van der Waals surface area contributed by atoms with Gasteiger partial charge in [-0.3, -0.25) is 0 Å². The highest BCUT2D eigenvalue weighted by atomic mass is 32.1. The molecule has 0 radical (unpaired) electrons. The molecule has 1 aromatic carbocycles. The second kappa shape index (κ2) is 7.91. The van der Waals surface area contributed by atoms with Gasteiger partial charge in [0.05, 0.1) is 0 Å². The van der Waals surface area contributed by atoms with Gasteiger partial charge in [-0.05, 0) is 62.9 Å². The molecule has 19 heavy (non-hydrogen) atoms. The van der Waals surface area contributed by atoms with E-state index in [0.717, 1.165) is 30.0 Å². The first-order valence-electron chi connectivity index (χ1n) is 6.27. The van der Waals surface area contributed by atoms with Crippen molar-refractivity contribution >= 4 is 46.0 Å². The van der Waals surface area contributed by atoms with E-state index in [0.29, 0.717) is 10.2 Å². The Morgan fingerprint density at radius 3 is 2.16 bits per heavy atom. The Bertz CT molecular complexity index is 460. The van der Waals surface area contributed by atoms with Gasteiger partial charge < -0.3 is 21.3 Å². The van der Waals surface area contributed by atoms with Crippen LogP contribution in [0.1, 0.15) is 19.4 Å². The van der Waals surface area contributed by atoms with Crippen molar-refractivity contribution in [1.29, 1.82) is 0 Å². The summed E-state index contributed by atoms with van der Waals surface area (Å²) in [6.45, 7) is 7.64. The Hall–Kier alpha value is -1.40. The molecular formula is C13H20N4S2. The van der Waals surface area contributed by atoms with E-state index in [1.54, 1.807) is 0 Å². The quantitative estimate of drug-likeness (QED) is 0.641. The van der Waals surface area contributed by atoms with E-state index in [9.17, 15) is 0 Å². The minimum Gasteiger partial charge on any atom is -0.363 e. The molecule has 4 N–H and O–H groups in total. The molecule has 0 aliphatic rings. The predicted molar refractivity (Wildman–Crippen MR) is 91.0 cm³/mol. The number of hydrogen-bond acceptors (Lipinski definition) is 2. The van der Waals surface area contributed by atoms with E-state index in [1.807, 2.05) is 39.0 Å². The molecule has 1 aromatic rings. The molecule has 1 rings (SSSR count). The molecular weight excluding hydrogens is 276 g/mol. The van der Waals surface area contributed by atoms with Gasteiger partial charge in [0.2, 0.25) is 0 Å². The van der Waals surface area contributed by atoms with Crippen molar-refractivity contribution in [3.63, 3.8) is 0 Å². The highest BCUT2D eigenvalue weighted by Crippen LogP contribution is 2.20. The number of anilines is 2. The van der Waals surface area contributed by atoms with Crippen LogP contribution in [0.4, 0.5) is 11.4 Å². The smallest absolute Gasteiger partial charge is 0.170 e. The maximum Gasteiger partial charge on any atom is 0.170 e. The summed E-state index contributed by atoms with van der Waals surface area (Å²) in [5, 5.41) is 13.7. The first-order valence-corrected chi connectivity index (χ1v) is 7.08. The minimum atomic E-state index is 0.617. The van der Waals surface area contributed by atoms with Gasteiger partial charge in [-0.2, -0.15) is 0 Å². The first-order chi connectivity index (χ1) is 9.06. The van der Waals surface area contributed by atoms with Crippen LogP contribution >= 0.6 is 24.4 Å². The van der Waals surface area contributed by atoms with Crippen molar-refractivity contribution in [2.75, 3.05) is 23.7 Å². The molecule has 0 atom stereocenters. The van der Waals surface area contributed by atoms with Crippen molar-refractivity contribution in [2.24, 2.45) is 0 Å². The van der Waals surface area contributed by atoms with Crippen LogP contribution in [0.3, 0.4) is 0 Å². The summed E-state index contributed by atoms with van der Waals surface area (Å²) >= 11 is 10.3. The van der Waals surface area contributed by atoms with Gasteiger partial charge in [-0.15, -0.1) is 0 Å². The Balaban J connectivity index is 2.76. The van der Waals surface area contributed by atoms with E-state index in [-0.39, 0.29) is 0 Å². The number of benzene rings is 1. The highest BCUT2D eigenvalue weighted by molar-refractivity contribution is 7.80. The lowest BCUT2D eigenvalue weighted by Gasteiger charge is -2.14. The zero-order valence-corrected chi connectivity index (χ0v) is 13.1. The van der Waals surface area contributed by atoms with E-state index in [1.165, 1.54) is 0 Å². The molecule has 6 heteroatoms. The average Bonchev–Trinajstić information content (AvgIpc) is 2.34. The second-order valence-electron chi connectivity index (χ2n) is 4.00. The monoisotopic (exact) mass is 296 g/mol. The first kappa shape index (κ1) is 15.7. The Morgan fingerprint density at radius 1 is 1.00 bits per heavy atom. The maximum atomic E-state index is 5.19. The Labute approximate surface area is 125 Å². The number of nitrogens with one attached hydrogen (secondary N) is 4.